The van der Waals surface area contributed by atoms with E-state index in [9.17, 15) is 29.4 Å². The van der Waals surface area contributed by atoms with Crippen LogP contribution >= 0.6 is 11.3 Å². The highest BCUT2D eigenvalue weighted by atomic mass is 32.1. The van der Waals surface area contributed by atoms with E-state index in [4.69, 9.17) is 4.74 Å². The lowest BCUT2D eigenvalue weighted by atomic mass is 9.91. The van der Waals surface area contributed by atoms with Crippen LogP contribution in [0, 0.1) is 11.8 Å². The summed E-state index contributed by atoms with van der Waals surface area (Å²) in [4.78, 5) is 60.4. The van der Waals surface area contributed by atoms with Gasteiger partial charge >= 0.3 is 12.1 Å². The van der Waals surface area contributed by atoms with Gasteiger partial charge in [0.2, 0.25) is 11.8 Å². The van der Waals surface area contributed by atoms with E-state index in [1.54, 1.807) is 32.6 Å². The molecule has 2 heterocycles. The number of nitrogens with zero attached hydrogens (tertiary/aromatic N) is 3. The number of likely N-dealkylation sites (tertiary alicyclic amines) is 1. The molecular weight excluding hydrogens is 596 g/mol. The summed E-state index contributed by atoms with van der Waals surface area (Å²) in [6, 6.07) is -1.24. The van der Waals surface area contributed by atoms with E-state index in [1.807, 2.05) is 27.7 Å². The molecule has 3 amide bonds. The number of aliphatic hydroxyl groups is 1. The average molecular weight is 653 g/mol. The first-order valence-electron chi connectivity index (χ1n) is 16.5. The van der Waals surface area contributed by atoms with Crippen LogP contribution in [0.15, 0.2) is 5.38 Å². The summed E-state index contributed by atoms with van der Waals surface area (Å²) in [6.45, 7) is 17.9. The number of carboxylic acid groups (broad SMARTS) is 1. The van der Waals surface area contributed by atoms with Crippen LogP contribution < -0.4 is 5.32 Å². The van der Waals surface area contributed by atoms with Crippen LogP contribution in [0.2, 0.25) is 0 Å². The van der Waals surface area contributed by atoms with Crippen molar-refractivity contribution in [1.29, 1.82) is 0 Å². The Balaban J connectivity index is 2.40. The number of carboxylic acids is 1. The highest BCUT2D eigenvalue weighted by molar-refractivity contribution is 7.09. The number of unbranched alkanes of at least 4 members (excludes halogenated alkanes) is 3. The Labute approximate surface area is 273 Å². The number of rotatable bonds is 16. The second-order valence-electron chi connectivity index (χ2n) is 13.9. The van der Waals surface area contributed by atoms with Crippen LogP contribution in [-0.2, 0) is 14.3 Å². The van der Waals surface area contributed by atoms with Gasteiger partial charge in [-0.2, -0.15) is 0 Å². The summed E-state index contributed by atoms with van der Waals surface area (Å²) in [6.07, 6.45) is 4.06. The van der Waals surface area contributed by atoms with Crippen molar-refractivity contribution in [2.75, 3.05) is 13.1 Å². The number of hydrogen-bond acceptors (Lipinski definition) is 8. The van der Waals surface area contributed by atoms with Crippen LogP contribution in [0.5, 0.6) is 0 Å². The maximum Gasteiger partial charge on any atom is 0.411 e. The van der Waals surface area contributed by atoms with E-state index in [0.29, 0.717) is 37.4 Å². The minimum atomic E-state index is -1.17. The van der Waals surface area contributed by atoms with Gasteiger partial charge in [0.05, 0.1) is 0 Å². The van der Waals surface area contributed by atoms with E-state index >= 15 is 0 Å². The maximum atomic E-state index is 14.6. The third kappa shape index (κ3) is 10.4. The number of aromatic carboxylic acids is 1. The Kier molecular flexibility index (Phi) is 14.3. The minimum absolute atomic E-state index is 0.0445. The predicted molar refractivity (Wildman–Crippen MR) is 175 cm³/mol. The molecule has 1 aromatic heterocycles. The number of carbonyl (C=O) groups excluding carboxylic acids is 3. The molecule has 1 aliphatic rings. The Morgan fingerprint density at radius 1 is 1.16 bits per heavy atom. The van der Waals surface area contributed by atoms with Crippen LogP contribution in [-0.4, -0.2) is 85.2 Å². The molecule has 11 nitrogen and oxygen atoms in total. The molecule has 12 heteroatoms. The molecule has 1 fully saturated rings. The number of aromatic nitrogens is 1. The molecule has 0 saturated carbocycles. The summed E-state index contributed by atoms with van der Waals surface area (Å²) in [5.41, 5.74) is -2.00. The van der Waals surface area contributed by atoms with Gasteiger partial charge in [-0.25, -0.2) is 14.6 Å². The molecule has 1 saturated heterocycles. The summed E-state index contributed by atoms with van der Waals surface area (Å²) in [5.74, 6) is -2.02. The fourth-order valence-corrected chi connectivity index (χ4v) is 6.53. The molecule has 1 aliphatic heterocycles. The second kappa shape index (κ2) is 16.7. The minimum Gasteiger partial charge on any atom is -0.476 e. The second-order valence-corrected chi connectivity index (χ2v) is 14.8. The lowest BCUT2D eigenvalue weighted by Gasteiger charge is -2.40. The Morgan fingerprint density at radius 2 is 1.82 bits per heavy atom. The maximum absolute atomic E-state index is 14.6. The number of ether oxygens (including phenoxy) is 1. The van der Waals surface area contributed by atoms with Gasteiger partial charge < -0.3 is 25.2 Å². The van der Waals surface area contributed by atoms with Gasteiger partial charge in [0, 0.05) is 30.9 Å². The van der Waals surface area contributed by atoms with Gasteiger partial charge in [0.1, 0.15) is 28.3 Å². The molecule has 3 N–H and O–H groups in total. The number of nitrogens with one attached hydrogen (secondary N) is 1. The smallest absolute Gasteiger partial charge is 0.411 e. The van der Waals surface area contributed by atoms with Gasteiger partial charge in [-0.3, -0.25) is 14.5 Å². The molecule has 0 spiro atoms. The third-order valence-corrected chi connectivity index (χ3v) is 9.65. The molecule has 0 unspecified atom stereocenters. The lowest BCUT2D eigenvalue weighted by Crippen LogP contribution is -2.62. The van der Waals surface area contributed by atoms with Crippen LogP contribution in [0.3, 0.4) is 0 Å². The van der Waals surface area contributed by atoms with E-state index in [-0.39, 0.29) is 35.8 Å². The Hall–Kier alpha value is -2.73. The van der Waals surface area contributed by atoms with Crippen molar-refractivity contribution >= 4 is 35.2 Å². The fraction of sp³-hybridized carbons (Fsp3) is 0.788. The molecule has 2 rings (SSSR count). The average Bonchev–Trinajstić information content (AvgIpc) is 3.61. The largest absolute Gasteiger partial charge is 0.476 e. The summed E-state index contributed by atoms with van der Waals surface area (Å²) in [5, 5.41) is 25.2. The molecule has 0 radical (unpaired) electrons. The topological polar surface area (TPSA) is 149 Å². The standard InChI is InChI=1S/C33H56N4O7S/c1-10-12-13-14-17-36(24(21(3)4)19-25(38)27-34-23(20-45-27)29(40)41)28(39)26(22(5)11-2)35-30(42)33(9)16-15-18-37(33)31(43)44-32(6,7)8/h20-22,24-26,38H,10-19H2,1-9H3,(H,35,42)(H,40,41)/t22-,24+,25+,26-,33+/m0/s1. The first-order valence-corrected chi connectivity index (χ1v) is 17.3. The molecule has 5 atom stereocenters. The monoisotopic (exact) mass is 652 g/mol. The molecule has 0 aliphatic carbocycles. The highest BCUT2D eigenvalue weighted by Gasteiger charge is 2.49. The quantitative estimate of drug-likeness (QED) is 0.184. The third-order valence-electron chi connectivity index (χ3n) is 8.71. The molecule has 45 heavy (non-hydrogen) atoms. The number of thiazole rings is 1. The van der Waals surface area contributed by atoms with Crippen molar-refractivity contribution < 1.29 is 34.1 Å². The summed E-state index contributed by atoms with van der Waals surface area (Å²) >= 11 is 1.08. The Bertz CT molecular complexity index is 1150. The van der Waals surface area contributed by atoms with E-state index in [2.05, 4.69) is 17.2 Å². The zero-order valence-electron chi connectivity index (χ0n) is 28.7. The van der Waals surface area contributed by atoms with Gasteiger partial charge in [0.25, 0.3) is 0 Å². The summed E-state index contributed by atoms with van der Waals surface area (Å²) < 4.78 is 5.61. The molecule has 256 valence electrons. The SMILES string of the molecule is CCCCCCN(C(=O)[C@@H](NC(=O)[C@@]1(C)CCCN1C(=O)OC(C)(C)C)[C@@H](C)CC)[C@H](C[C@@H](O)c1nc(C(=O)O)cs1)C(C)C. The van der Waals surface area contributed by atoms with Crippen molar-refractivity contribution in [3.8, 4) is 0 Å². The van der Waals surface area contributed by atoms with Crippen molar-refractivity contribution in [2.45, 2.75) is 143 Å². The number of amides is 3. The van der Waals surface area contributed by atoms with Crippen LogP contribution in [0.25, 0.3) is 0 Å². The van der Waals surface area contributed by atoms with Gasteiger partial charge in [0.15, 0.2) is 5.69 Å². The molecule has 0 bridgehead atoms. The van der Waals surface area contributed by atoms with Crippen LogP contribution in [0.1, 0.15) is 135 Å². The fourth-order valence-electron chi connectivity index (χ4n) is 5.74. The first-order chi connectivity index (χ1) is 21.0. The predicted octanol–water partition coefficient (Wildman–Crippen LogP) is 6.02. The van der Waals surface area contributed by atoms with Gasteiger partial charge in [-0.05, 0) is 58.8 Å². The normalized spacial score (nSPS) is 19.6. The molecule has 0 aromatic carbocycles. The van der Waals surface area contributed by atoms with Crippen molar-refractivity contribution in [3.05, 3.63) is 16.1 Å². The van der Waals surface area contributed by atoms with Crippen molar-refractivity contribution in [3.63, 3.8) is 0 Å². The zero-order chi connectivity index (χ0) is 34.1. The summed E-state index contributed by atoms with van der Waals surface area (Å²) in [7, 11) is 0. The lowest BCUT2D eigenvalue weighted by molar-refractivity contribution is -0.143. The number of hydrogen-bond donors (Lipinski definition) is 3. The molecule has 1 aromatic rings. The molecular formula is C33H56N4O7S. The van der Waals surface area contributed by atoms with Gasteiger partial charge in [-0.15, -0.1) is 11.3 Å². The van der Waals surface area contributed by atoms with E-state index < -0.39 is 41.4 Å². The number of carbonyl (C=O) groups is 4. The van der Waals surface area contributed by atoms with E-state index in [1.165, 1.54) is 10.3 Å². The zero-order valence-corrected chi connectivity index (χ0v) is 29.5. The van der Waals surface area contributed by atoms with E-state index in [0.717, 1.165) is 37.0 Å². The Morgan fingerprint density at radius 3 is 2.36 bits per heavy atom. The van der Waals surface area contributed by atoms with Crippen LogP contribution in [0.4, 0.5) is 4.79 Å². The van der Waals surface area contributed by atoms with Crippen molar-refractivity contribution in [1.82, 2.24) is 20.1 Å². The highest BCUT2D eigenvalue weighted by Crippen LogP contribution is 2.33. The number of aliphatic hydroxyl groups excluding tert-OH is 1. The van der Waals surface area contributed by atoms with Gasteiger partial charge in [-0.1, -0.05) is 60.3 Å². The first kappa shape index (κ1) is 38.5. The van der Waals surface area contributed by atoms with Crippen molar-refractivity contribution in [2.24, 2.45) is 11.8 Å².